The van der Waals surface area contributed by atoms with Crippen LogP contribution in [0, 0.1) is 5.92 Å². The van der Waals surface area contributed by atoms with E-state index in [-0.39, 0.29) is 0 Å². The predicted octanol–water partition coefficient (Wildman–Crippen LogP) is 3.69. The summed E-state index contributed by atoms with van der Waals surface area (Å²) in [6, 6.07) is 0. The van der Waals surface area contributed by atoms with Gasteiger partial charge in [-0.2, -0.15) is 11.8 Å². The van der Waals surface area contributed by atoms with Gasteiger partial charge in [-0.05, 0) is 50.0 Å². The highest BCUT2D eigenvalue weighted by atomic mass is 79.9. The minimum absolute atomic E-state index is 0.835. The average Bonchev–Trinajstić information content (AvgIpc) is 2.37. The smallest absolute Gasteiger partial charge is 0.0148 e. The van der Waals surface area contributed by atoms with E-state index in [1.165, 1.54) is 37.9 Å². The largest absolute Gasteiger partial charge is 0.165 e. The highest BCUT2D eigenvalue weighted by Gasteiger charge is 2.21. The summed E-state index contributed by atoms with van der Waals surface area (Å²) >= 11 is 5.66. The molecule has 0 aromatic carbocycles. The van der Waals surface area contributed by atoms with Gasteiger partial charge in [0.05, 0.1) is 0 Å². The van der Waals surface area contributed by atoms with E-state index in [1.54, 1.807) is 0 Å². The molecule has 0 aromatic heterocycles. The van der Waals surface area contributed by atoms with E-state index in [2.05, 4.69) is 22.2 Å². The van der Waals surface area contributed by atoms with Crippen molar-refractivity contribution < 1.29 is 0 Å². The first-order chi connectivity index (χ1) is 5.33. The van der Waals surface area contributed by atoms with E-state index in [9.17, 15) is 0 Å². The summed E-state index contributed by atoms with van der Waals surface area (Å²) in [6.45, 7) is 0. The summed E-state index contributed by atoms with van der Waals surface area (Å²) in [4.78, 5) is 0.835. The lowest BCUT2D eigenvalue weighted by Crippen LogP contribution is -1.95. The van der Waals surface area contributed by atoms with Crippen LogP contribution in [0.2, 0.25) is 0 Å². The third-order valence-corrected chi connectivity index (χ3v) is 3.97. The summed E-state index contributed by atoms with van der Waals surface area (Å²) in [5.41, 5.74) is 0. The van der Waals surface area contributed by atoms with Crippen LogP contribution in [0.3, 0.4) is 0 Å². The third-order valence-electron chi connectivity index (χ3n) is 2.44. The van der Waals surface area contributed by atoms with Crippen LogP contribution in [-0.4, -0.2) is 16.8 Å². The molecule has 0 aliphatic heterocycles. The minimum Gasteiger partial charge on any atom is -0.165 e. The molecular weight excluding hydrogens is 220 g/mol. The van der Waals surface area contributed by atoms with Gasteiger partial charge in [-0.1, -0.05) is 15.9 Å². The van der Waals surface area contributed by atoms with Gasteiger partial charge < -0.3 is 0 Å². The van der Waals surface area contributed by atoms with Crippen molar-refractivity contribution in [1.29, 1.82) is 0 Å². The van der Waals surface area contributed by atoms with Gasteiger partial charge in [0.25, 0.3) is 0 Å². The lowest BCUT2D eigenvalue weighted by atomic mass is 10.0. The zero-order valence-corrected chi connectivity index (χ0v) is 9.59. The Morgan fingerprint density at radius 3 is 2.82 bits per heavy atom. The maximum absolute atomic E-state index is 3.68. The van der Waals surface area contributed by atoms with Crippen molar-refractivity contribution in [2.45, 2.75) is 36.9 Å². The van der Waals surface area contributed by atoms with Gasteiger partial charge in [0, 0.05) is 4.83 Å². The molecule has 1 saturated carbocycles. The zero-order valence-electron chi connectivity index (χ0n) is 7.18. The molecule has 1 aliphatic rings. The van der Waals surface area contributed by atoms with Crippen molar-refractivity contribution in [2.75, 3.05) is 12.0 Å². The average molecular weight is 237 g/mol. The lowest BCUT2D eigenvalue weighted by molar-refractivity contribution is 0.500. The van der Waals surface area contributed by atoms with Crippen LogP contribution in [0.15, 0.2) is 0 Å². The Labute approximate surface area is 82.6 Å². The van der Waals surface area contributed by atoms with Gasteiger partial charge in [-0.3, -0.25) is 0 Å². The van der Waals surface area contributed by atoms with E-state index in [0.29, 0.717) is 0 Å². The lowest BCUT2D eigenvalue weighted by Gasteiger charge is -2.06. The standard InChI is InChI=1S/C9H17BrS/c1-11-6-2-3-8-4-5-9(10)7-8/h8-9H,2-7H2,1H3. The molecule has 11 heavy (non-hydrogen) atoms. The van der Waals surface area contributed by atoms with Gasteiger partial charge in [0.15, 0.2) is 0 Å². The Bertz CT molecular complexity index is 106. The summed E-state index contributed by atoms with van der Waals surface area (Å²) < 4.78 is 0. The molecule has 0 heterocycles. The molecule has 0 spiro atoms. The summed E-state index contributed by atoms with van der Waals surface area (Å²) in [6.07, 6.45) is 9.37. The maximum Gasteiger partial charge on any atom is 0.0148 e. The van der Waals surface area contributed by atoms with Crippen LogP contribution >= 0.6 is 27.7 Å². The molecule has 0 radical (unpaired) electrons. The molecule has 2 unspecified atom stereocenters. The number of rotatable bonds is 4. The van der Waals surface area contributed by atoms with E-state index in [4.69, 9.17) is 0 Å². The number of alkyl halides is 1. The van der Waals surface area contributed by atoms with Crippen molar-refractivity contribution in [2.24, 2.45) is 5.92 Å². The topological polar surface area (TPSA) is 0 Å². The quantitative estimate of drug-likeness (QED) is 0.530. The highest BCUT2D eigenvalue weighted by molar-refractivity contribution is 9.09. The SMILES string of the molecule is CSCCCC1CCC(Br)C1. The summed E-state index contributed by atoms with van der Waals surface area (Å²) in [7, 11) is 0. The van der Waals surface area contributed by atoms with Crippen LogP contribution < -0.4 is 0 Å². The fraction of sp³-hybridized carbons (Fsp3) is 1.00. The first-order valence-electron chi connectivity index (χ1n) is 4.46. The normalized spacial score (nSPS) is 31.1. The van der Waals surface area contributed by atoms with Crippen molar-refractivity contribution in [3.8, 4) is 0 Å². The second-order valence-corrected chi connectivity index (χ2v) is 5.69. The van der Waals surface area contributed by atoms with Crippen molar-refractivity contribution in [1.82, 2.24) is 0 Å². The Morgan fingerprint density at radius 2 is 2.27 bits per heavy atom. The van der Waals surface area contributed by atoms with Crippen LogP contribution in [-0.2, 0) is 0 Å². The zero-order chi connectivity index (χ0) is 8.10. The third kappa shape index (κ3) is 3.84. The molecule has 1 fully saturated rings. The molecule has 2 atom stereocenters. The van der Waals surface area contributed by atoms with Crippen LogP contribution in [0.25, 0.3) is 0 Å². The molecule has 2 heteroatoms. The molecule has 0 amide bonds. The molecule has 66 valence electrons. The van der Waals surface area contributed by atoms with E-state index in [1.807, 2.05) is 11.8 Å². The second-order valence-electron chi connectivity index (χ2n) is 3.41. The Hall–Kier alpha value is 0.830. The molecule has 0 aromatic rings. The first-order valence-corrected chi connectivity index (χ1v) is 6.77. The van der Waals surface area contributed by atoms with Crippen molar-refractivity contribution in [3.05, 3.63) is 0 Å². The van der Waals surface area contributed by atoms with Crippen molar-refractivity contribution >= 4 is 27.7 Å². The molecular formula is C9H17BrS. The second kappa shape index (κ2) is 5.47. The molecule has 0 nitrogen and oxygen atoms in total. The van der Waals surface area contributed by atoms with Crippen LogP contribution in [0.5, 0.6) is 0 Å². The minimum atomic E-state index is 0.835. The van der Waals surface area contributed by atoms with Crippen LogP contribution in [0.4, 0.5) is 0 Å². The van der Waals surface area contributed by atoms with Gasteiger partial charge in [-0.15, -0.1) is 0 Å². The molecule has 1 aliphatic carbocycles. The monoisotopic (exact) mass is 236 g/mol. The maximum atomic E-state index is 3.68. The summed E-state index contributed by atoms with van der Waals surface area (Å²) in [5, 5.41) is 0. The van der Waals surface area contributed by atoms with Crippen LogP contribution in [0.1, 0.15) is 32.1 Å². The van der Waals surface area contributed by atoms with E-state index < -0.39 is 0 Å². The summed E-state index contributed by atoms with van der Waals surface area (Å²) in [5.74, 6) is 2.38. The molecule has 0 N–H and O–H groups in total. The number of hydrogen-bond acceptors (Lipinski definition) is 1. The number of hydrogen-bond donors (Lipinski definition) is 0. The fourth-order valence-electron chi connectivity index (χ4n) is 1.79. The van der Waals surface area contributed by atoms with E-state index >= 15 is 0 Å². The van der Waals surface area contributed by atoms with Crippen molar-refractivity contribution in [3.63, 3.8) is 0 Å². The van der Waals surface area contributed by atoms with Gasteiger partial charge in [-0.25, -0.2) is 0 Å². The fourth-order valence-corrected chi connectivity index (χ4v) is 3.04. The van der Waals surface area contributed by atoms with Gasteiger partial charge in [0.1, 0.15) is 0 Å². The highest BCUT2D eigenvalue weighted by Crippen LogP contribution is 2.33. The Kier molecular flexibility index (Phi) is 4.93. The van der Waals surface area contributed by atoms with E-state index in [0.717, 1.165) is 10.7 Å². The molecule has 0 bridgehead atoms. The van der Waals surface area contributed by atoms with Gasteiger partial charge in [0.2, 0.25) is 0 Å². The predicted molar refractivity (Wildman–Crippen MR) is 57.7 cm³/mol. The first kappa shape index (κ1) is 9.91. The Balaban J connectivity index is 1.99. The number of halogens is 1. The molecule has 0 saturated heterocycles. The van der Waals surface area contributed by atoms with Gasteiger partial charge >= 0.3 is 0 Å². The molecule has 1 rings (SSSR count). The Morgan fingerprint density at radius 1 is 1.45 bits per heavy atom. The number of thioether (sulfide) groups is 1.